The zero-order valence-corrected chi connectivity index (χ0v) is 32.9. The highest BCUT2D eigenvalue weighted by Crippen LogP contribution is 2.32. The molecule has 18 nitrogen and oxygen atoms in total. The number of likely N-dealkylation sites (N-methyl/N-ethyl adjacent to an activating group) is 2. The number of hydrogen-bond donors (Lipinski definition) is 5. The second-order valence-corrected chi connectivity index (χ2v) is 14.6. The van der Waals surface area contributed by atoms with Crippen molar-refractivity contribution in [1.29, 1.82) is 0 Å². The standard InChI is InChI=1S/C39H56N4O14/c1-41(38(49)54-22-24-10-11-28(26(40)19-24)56-37-34(46)32(44)33(45)35(57-37)36(47)48)16-17-42(2)39(50)55-25-13-15-43(21-25)27-7-5-6-8-29(27)53-18-14-23-9-12-30(51-3)31(20-23)52-4/h9-12,19-20,25,27,29,32-35,37,44-46H,5-8,13-18,21-22,40H2,1-4H3,(H,47,48)/t25?,27-,29-,32?,33?,34?,35?,37?/m1/s1. The molecule has 0 bridgehead atoms. The fourth-order valence-corrected chi connectivity index (χ4v) is 7.24. The van der Waals surface area contributed by atoms with Crippen LogP contribution in [0.4, 0.5) is 15.3 Å². The van der Waals surface area contributed by atoms with E-state index in [2.05, 4.69) is 4.90 Å². The number of carbonyl (C=O) groups is 3. The summed E-state index contributed by atoms with van der Waals surface area (Å²) in [4.78, 5) is 42.2. The van der Waals surface area contributed by atoms with Crippen LogP contribution in [0.15, 0.2) is 36.4 Å². The van der Waals surface area contributed by atoms with E-state index in [1.54, 1.807) is 28.3 Å². The molecule has 3 aliphatic rings. The van der Waals surface area contributed by atoms with Crippen LogP contribution in [0.3, 0.4) is 0 Å². The number of likely N-dealkylation sites (tertiary alicyclic amines) is 1. The van der Waals surface area contributed by atoms with Gasteiger partial charge in [0, 0.05) is 46.3 Å². The lowest BCUT2D eigenvalue weighted by molar-refractivity contribution is -0.271. The minimum Gasteiger partial charge on any atom is -0.493 e. The first kappa shape index (κ1) is 43.5. The number of aliphatic hydroxyl groups excluding tert-OH is 3. The molecule has 0 spiro atoms. The summed E-state index contributed by atoms with van der Waals surface area (Å²) >= 11 is 0. The van der Waals surface area contributed by atoms with Crippen molar-refractivity contribution < 1.29 is 68.0 Å². The Kier molecular flexibility index (Phi) is 15.4. The number of carboxylic acid groups (broad SMARTS) is 1. The van der Waals surface area contributed by atoms with Crippen molar-refractivity contribution in [3.05, 3.63) is 47.5 Å². The zero-order chi connectivity index (χ0) is 41.2. The Morgan fingerprint density at radius 3 is 2.25 bits per heavy atom. The van der Waals surface area contributed by atoms with Gasteiger partial charge in [-0.1, -0.05) is 25.0 Å². The van der Waals surface area contributed by atoms with E-state index in [0.29, 0.717) is 30.2 Å². The van der Waals surface area contributed by atoms with Crippen LogP contribution in [0.1, 0.15) is 43.2 Å². The number of nitrogens with zero attached hydrogens (tertiary/aromatic N) is 3. The largest absolute Gasteiger partial charge is 0.493 e. The molecule has 0 radical (unpaired) electrons. The summed E-state index contributed by atoms with van der Waals surface area (Å²) in [5.74, 6) is -0.152. The number of rotatable bonds is 16. The molecule has 0 aromatic heterocycles. The van der Waals surface area contributed by atoms with Gasteiger partial charge in [0.25, 0.3) is 0 Å². The first-order valence-corrected chi connectivity index (χ1v) is 19.1. The minimum absolute atomic E-state index is 0.00464. The van der Waals surface area contributed by atoms with Gasteiger partial charge in [0.05, 0.1) is 32.6 Å². The van der Waals surface area contributed by atoms with Gasteiger partial charge in [-0.05, 0) is 61.1 Å². The third-order valence-electron chi connectivity index (χ3n) is 10.6. The monoisotopic (exact) mass is 804 g/mol. The number of benzene rings is 2. The number of aliphatic carboxylic acids is 1. The molecular weight excluding hydrogens is 748 g/mol. The quantitative estimate of drug-likeness (QED) is 0.152. The second kappa shape index (κ2) is 20.2. The van der Waals surface area contributed by atoms with E-state index in [1.165, 1.54) is 28.0 Å². The molecule has 6 N–H and O–H groups in total. The SMILES string of the molecule is COc1ccc(CCO[C@@H]2CCCC[C@H]2N2CCC(OC(=O)N(C)CCN(C)C(=O)OCc3ccc(OC4OC(C(=O)O)C(O)C(O)C4O)c(N)c3)C2)cc1OC. The number of nitrogens with two attached hydrogens (primary N) is 1. The number of anilines is 1. The van der Waals surface area contributed by atoms with Crippen molar-refractivity contribution in [2.75, 3.05) is 66.8 Å². The van der Waals surface area contributed by atoms with E-state index in [-0.39, 0.29) is 49.4 Å². The Balaban J connectivity index is 1.01. The maximum atomic E-state index is 13.0. The van der Waals surface area contributed by atoms with Crippen molar-refractivity contribution in [3.63, 3.8) is 0 Å². The normalized spacial score (nSPS) is 26.3. The van der Waals surface area contributed by atoms with E-state index in [0.717, 1.165) is 50.6 Å². The Bertz CT molecular complexity index is 1670. The Hall–Kier alpha value is -4.59. The molecule has 2 heterocycles. The number of carboxylic acids is 1. The number of methoxy groups -OCH3 is 2. The topological polar surface area (TPSA) is 232 Å². The van der Waals surface area contributed by atoms with E-state index in [4.69, 9.17) is 38.9 Å². The number of carbonyl (C=O) groups excluding carboxylic acids is 2. The number of hydrogen-bond acceptors (Lipinski definition) is 15. The Labute approximate surface area is 331 Å². The molecule has 57 heavy (non-hydrogen) atoms. The lowest BCUT2D eigenvalue weighted by Gasteiger charge is -2.38. The van der Waals surface area contributed by atoms with Gasteiger partial charge in [0.2, 0.25) is 6.29 Å². The summed E-state index contributed by atoms with van der Waals surface area (Å²) in [5, 5.41) is 39.4. The van der Waals surface area contributed by atoms with Crippen LogP contribution in [0.2, 0.25) is 0 Å². The van der Waals surface area contributed by atoms with Crippen molar-refractivity contribution in [2.45, 2.75) is 94.1 Å². The molecule has 2 aromatic rings. The van der Waals surface area contributed by atoms with Crippen molar-refractivity contribution in [3.8, 4) is 17.2 Å². The zero-order valence-electron chi connectivity index (χ0n) is 32.9. The molecule has 2 aromatic carbocycles. The summed E-state index contributed by atoms with van der Waals surface area (Å²) in [5.41, 5.74) is 7.74. The minimum atomic E-state index is -1.86. The summed E-state index contributed by atoms with van der Waals surface area (Å²) in [6, 6.07) is 10.6. The molecule has 18 heteroatoms. The first-order valence-electron chi connectivity index (χ1n) is 19.1. The van der Waals surface area contributed by atoms with Crippen LogP contribution in [-0.4, -0.2) is 163 Å². The van der Waals surface area contributed by atoms with E-state index in [1.807, 2.05) is 18.2 Å². The van der Waals surface area contributed by atoms with Gasteiger partial charge in [0.15, 0.2) is 17.6 Å². The van der Waals surface area contributed by atoms with E-state index in [9.17, 15) is 34.8 Å². The average molecular weight is 805 g/mol. The lowest BCUT2D eigenvalue weighted by atomic mass is 9.91. The first-order chi connectivity index (χ1) is 27.3. The molecule has 6 unspecified atom stereocenters. The molecule has 2 saturated heterocycles. The molecular formula is C39H56N4O14. The fraction of sp³-hybridized carbons (Fsp3) is 0.615. The van der Waals surface area contributed by atoms with Crippen LogP contribution < -0.4 is 19.9 Å². The summed E-state index contributed by atoms with van der Waals surface area (Å²) in [6.07, 6.45) is -4.39. The highest BCUT2D eigenvalue weighted by molar-refractivity contribution is 5.73. The second-order valence-electron chi connectivity index (χ2n) is 14.6. The number of nitrogen functional groups attached to an aromatic ring is 1. The van der Waals surface area contributed by atoms with Crippen LogP contribution in [0, 0.1) is 0 Å². The van der Waals surface area contributed by atoms with Crippen molar-refractivity contribution in [1.82, 2.24) is 14.7 Å². The molecule has 3 fully saturated rings. The van der Waals surface area contributed by atoms with Crippen molar-refractivity contribution >= 4 is 23.8 Å². The third kappa shape index (κ3) is 11.3. The summed E-state index contributed by atoms with van der Waals surface area (Å²) in [6.45, 7) is 2.29. The molecule has 2 amide bonds. The molecule has 1 aliphatic carbocycles. The molecule has 1 saturated carbocycles. The number of amides is 2. The smallest absolute Gasteiger partial charge is 0.409 e. The van der Waals surface area contributed by atoms with Crippen LogP contribution >= 0.6 is 0 Å². The van der Waals surface area contributed by atoms with Crippen molar-refractivity contribution in [2.24, 2.45) is 0 Å². The maximum Gasteiger partial charge on any atom is 0.409 e. The van der Waals surface area contributed by atoms with Gasteiger partial charge >= 0.3 is 18.2 Å². The molecule has 316 valence electrons. The van der Waals surface area contributed by atoms with Gasteiger partial charge in [-0.3, -0.25) is 4.90 Å². The van der Waals surface area contributed by atoms with E-state index < -0.39 is 48.9 Å². The van der Waals surface area contributed by atoms with Gasteiger partial charge in [0.1, 0.15) is 36.8 Å². The predicted octanol–water partition coefficient (Wildman–Crippen LogP) is 1.84. The van der Waals surface area contributed by atoms with Gasteiger partial charge < -0.3 is 69.1 Å². The highest BCUT2D eigenvalue weighted by Gasteiger charge is 2.48. The maximum absolute atomic E-state index is 13.0. The summed E-state index contributed by atoms with van der Waals surface area (Å²) < 4.78 is 39.1. The highest BCUT2D eigenvalue weighted by atomic mass is 16.7. The molecule has 8 atom stereocenters. The molecule has 2 aliphatic heterocycles. The number of aliphatic hydroxyl groups is 3. The summed E-state index contributed by atoms with van der Waals surface area (Å²) in [7, 11) is 6.40. The predicted molar refractivity (Wildman–Crippen MR) is 203 cm³/mol. The van der Waals surface area contributed by atoms with E-state index >= 15 is 0 Å². The Morgan fingerprint density at radius 1 is 0.860 bits per heavy atom. The van der Waals surface area contributed by atoms with Gasteiger partial charge in [-0.25, -0.2) is 14.4 Å². The van der Waals surface area contributed by atoms with Gasteiger partial charge in [-0.15, -0.1) is 0 Å². The number of ether oxygens (including phenoxy) is 7. The lowest BCUT2D eigenvalue weighted by Crippen LogP contribution is -2.61. The van der Waals surface area contributed by atoms with Crippen LogP contribution in [0.5, 0.6) is 17.2 Å². The van der Waals surface area contributed by atoms with Crippen LogP contribution in [-0.2, 0) is 36.8 Å². The molecule has 5 rings (SSSR count). The van der Waals surface area contributed by atoms with Crippen LogP contribution in [0.25, 0.3) is 0 Å². The third-order valence-corrected chi connectivity index (χ3v) is 10.6. The average Bonchev–Trinajstić information content (AvgIpc) is 3.67. The van der Waals surface area contributed by atoms with Gasteiger partial charge in [-0.2, -0.15) is 0 Å². The fourth-order valence-electron chi connectivity index (χ4n) is 7.24. The Morgan fingerprint density at radius 2 is 1.54 bits per heavy atom.